The average Bonchev–Trinajstić information content (AvgIpc) is 2.60. The van der Waals surface area contributed by atoms with Gasteiger partial charge >= 0.3 is 0 Å². The van der Waals surface area contributed by atoms with Crippen LogP contribution in [0.3, 0.4) is 0 Å². The number of nitrogens with zero attached hydrogens (tertiary/aromatic N) is 1. The van der Waals surface area contributed by atoms with Crippen LogP contribution < -0.4 is 5.32 Å². The van der Waals surface area contributed by atoms with E-state index in [-0.39, 0.29) is 17.6 Å². The maximum absolute atomic E-state index is 12.6. The molecular weight excluding hydrogens is 210 g/mol. The summed E-state index contributed by atoms with van der Waals surface area (Å²) in [6.07, 6.45) is 2.29. The smallest absolute Gasteiger partial charge is 0.251 e. The molecule has 0 aromatic rings. The fourth-order valence-electron chi connectivity index (χ4n) is 3.17. The minimum atomic E-state index is -2.22. The lowest BCUT2D eigenvalue weighted by Crippen LogP contribution is -2.68. The molecule has 2 aliphatic rings. The van der Waals surface area contributed by atoms with Crippen molar-refractivity contribution in [3.05, 3.63) is 0 Å². The molecule has 1 spiro atoms. The van der Waals surface area contributed by atoms with Crippen molar-refractivity contribution in [1.29, 1.82) is 0 Å². The second-order valence-corrected chi connectivity index (χ2v) is 5.94. The van der Waals surface area contributed by atoms with Gasteiger partial charge in [0.2, 0.25) is 0 Å². The zero-order chi connectivity index (χ0) is 11.8. The van der Waals surface area contributed by atoms with Gasteiger partial charge in [0.25, 0.3) is 6.43 Å². The molecule has 2 nitrogen and oxygen atoms in total. The van der Waals surface area contributed by atoms with Crippen LogP contribution in [0.25, 0.3) is 0 Å². The summed E-state index contributed by atoms with van der Waals surface area (Å²) in [5.41, 5.74) is -0.0192. The first-order chi connectivity index (χ1) is 7.44. The van der Waals surface area contributed by atoms with E-state index in [2.05, 4.69) is 19.2 Å². The maximum Gasteiger partial charge on any atom is 0.251 e. The predicted octanol–water partition coefficient (Wildman–Crippen LogP) is 2.25. The first kappa shape index (κ1) is 12.2. The molecule has 2 rings (SSSR count). The van der Waals surface area contributed by atoms with Crippen LogP contribution in [0.4, 0.5) is 8.78 Å². The molecular formula is C12H22F2N2. The topological polar surface area (TPSA) is 15.3 Å². The Bertz CT molecular complexity index is 247. The largest absolute Gasteiger partial charge is 0.309 e. The first-order valence-corrected chi connectivity index (χ1v) is 6.22. The van der Waals surface area contributed by atoms with Gasteiger partial charge < -0.3 is 5.32 Å². The van der Waals surface area contributed by atoms with Crippen LogP contribution in [0.15, 0.2) is 0 Å². The predicted molar refractivity (Wildman–Crippen MR) is 60.9 cm³/mol. The molecule has 1 heterocycles. The Hall–Kier alpha value is -0.220. The van der Waals surface area contributed by atoms with E-state index < -0.39 is 6.43 Å². The molecule has 0 aromatic heterocycles. The van der Waals surface area contributed by atoms with Crippen LogP contribution in [0.5, 0.6) is 0 Å². The molecule has 0 bridgehead atoms. The minimum Gasteiger partial charge on any atom is -0.309 e. The SMILES string of the molecule is CC1(C)CN(CC(F)F)C2(CCCC2)CN1. The molecule has 0 aromatic carbocycles. The number of rotatable bonds is 2. The summed E-state index contributed by atoms with van der Waals surface area (Å²) in [6.45, 7) is 5.72. The summed E-state index contributed by atoms with van der Waals surface area (Å²) in [4.78, 5) is 2.04. The van der Waals surface area contributed by atoms with E-state index in [0.717, 1.165) is 25.9 Å². The van der Waals surface area contributed by atoms with Crippen LogP contribution in [0.1, 0.15) is 39.5 Å². The zero-order valence-corrected chi connectivity index (χ0v) is 10.2. The van der Waals surface area contributed by atoms with Crippen molar-refractivity contribution in [1.82, 2.24) is 10.2 Å². The first-order valence-electron chi connectivity index (χ1n) is 6.22. The van der Waals surface area contributed by atoms with Gasteiger partial charge in [-0.25, -0.2) is 8.78 Å². The average molecular weight is 232 g/mol. The van der Waals surface area contributed by atoms with E-state index in [0.29, 0.717) is 0 Å². The van der Waals surface area contributed by atoms with E-state index in [1.807, 2.05) is 4.90 Å². The van der Waals surface area contributed by atoms with Gasteiger partial charge in [0.15, 0.2) is 0 Å². The Morgan fingerprint density at radius 3 is 2.44 bits per heavy atom. The van der Waals surface area contributed by atoms with E-state index >= 15 is 0 Å². The highest BCUT2D eigenvalue weighted by Gasteiger charge is 2.46. The third-order valence-corrected chi connectivity index (χ3v) is 4.05. The highest BCUT2D eigenvalue weighted by molar-refractivity contribution is 5.04. The minimum absolute atomic E-state index is 0.0198. The van der Waals surface area contributed by atoms with Gasteiger partial charge in [-0.05, 0) is 26.7 Å². The summed E-state index contributed by atoms with van der Waals surface area (Å²) in [5.74, 6) is 0. The number of hydrogen-bond donors (Lipinski definition) is 1. The summed E-state index contributed by atoms with van der Waals surface area (Å²) in [6, 6.07) is 0. The number of hydrogen-bond acceptors (Lipinski definition) is 2. The van der Waals surface area contributed by atoms with Crippen LogP contribution in [-0.4, -0.2) is 42.0 Å². The van der Waals surface area contributed by atoms with Gasteiger partial charge in [0.05, 0.1) is 6.54 Å². The van der Waals surface area contributed by atoms with Crippen LogP contribution >= 0.6 is 0 Å². The second kappa shape index (κ2) is 4.22. The highest BCUT2D eigenvalue weighted by Crippen LogP contribution is 2.38. The molecule has 1 N–H and O–H groups in total. The van der Waals surface area contributed by atoms with Gasteiger partial charge in [-0.2, -0.15) is 0 Å². The Morgan fingerprint density at radius 1 is 1.25 bits per heavy atom. The summed E-state index contributed by atoms with van der Waals surface area (Å²) in [5, 5.41) is 3.51. The zero-order valence-electron chi connectivity index (χ0n) is 10.2. The maximum atomic E-state index is 12.6. The molecule has 4 heteroatoms. The molecule has 0 amide bonds. The standard InChI is InChI=1S/C12H22F2N2/c1-11(2)9-16(7-10(13)14)12(8-15-11)5-3-4-6-12/h10,15H,3-9H2,1-2H3. The highest BCUT2D eigenvalue weighted by atomic mass is 19.3. The lowest BCUT2D eigenvalue weighted by molar-refractivity contribution is -0.0228. The van der Waals surface area contributed by atoms with E-state index in [1.165, 1.54) is 12.8 Å². The van der Waals surface area contributed by atoms with Gasteiger partial charge in [-0.15, -0.1) is 0 Å². The molecule has 0 radical (unpaired) electrons. The molecule has 0 atom stereocenters. The molecule has 1 saturated carbocycles. The Labute approximate surface area is 96.4 Å². The lowest BCUT2D eigenvalue weighted by Gasteiger charge is -2.51. The van der Waals surface area contributed by atoms with Gasteiger partial charge in [-0.3, -0.25) is 4.90 Å². The van der Waals surface area contributed by atoms with E-state index in [9.17, 15) is 8.78 Å². The third kappa shape index (κ3) is 2.38. The van der Waals surface area contributed by atoms with Crippen LogP contribution in [0.2, 0.25) is 0 Å². The normalized spacial score (nSPS) is 29.1. The van der Waals surface area contributed by atoms with Crippen molar-refractivity contribution < 1.29 is 8.78 Å². The van der Waals surface area contributed by atoms with E-state index in [4.69, 9.17) is 0 Å². The Morgan fingerprint density at radius 2 is 1.88 bits per heavy atom. The number of nitrogens with one attached hydrogen (secondary N) is 1. The number of alkyl halides is 2. The number of piperazine rings is 1. The molecule has 2 fully saturated rings. The summed E-state index contributed by atoms with van der Waals surface area (Å²) < 4.78 is 25.3. The quantitative estimate of drug-likeness (QED) is 0.785. The molecule has 0 unspecified atom stereocenters. The lowest BCUT2D eigenvalue weighted by atomic mass is 9.87. The second-order valence-electron chi connectivity index (χ2n) is 5.94. The van der Waals surface area contributed by atoms with Crippen LogP contribution in [-0.2, 0) is 0 Å². The fraction of sp³-hybridized carbons (Fsp3) is 1.00. The monoisotopic (exact) mass is 232 g/mol. The summed E-state index contributed by atoms with van der Waals surface area (Å²) >= 11 is 0. The number of halogens is 2. The van der Waals surface area contributed by atoms with Crippen LogP contribution in [0, 0.1) is 0 Å². The van der Waals surface area contributed by atoms with Gasteiger partial charge in [-0.1, -0.05) is 12.8 Å². The van der Waals surface area contributed by atoms with Crippen molar-refractivity contribution in [2.75, 3.05) is 19.6 Å². The van der Waals surface area contributed by atoms with Crippen molar-refractivity contribution >= 4 is 0 Å². The molecule has 1 aliphatic heterocycles. The van der Waals surface area contributed by atoms with Crippen molar-refractivity contribution in [3.8, 4) is 0 Å². The van der Waals surface area contributed by atoms with Crippen molar-refractivity contribution in [3.63, 3.8) is 0 Å². The van der Waals surface area contributed by atoms with E-state index in [1.54, 1.807) is 0 Å². The van der Waals surface area contributed by atoms with Crippen molar-refractivity contribution in [2.45, 2.75) is 57.0 Å². The molecule has 1 saturated heterocycles. The van der Waals surface area contributed by atoms with Gasteiger partial charge in [0, 0.05) is 24.2 Å². The third-order valence-electron chi connectivity index (χ3n) is 4.05. The molecule has 1 aliphatic carbocycles. The fourth-order valence-corrected chi connectivity index (χ4v) is 3.17. The summed E-state index contributed by atoms with van der Waals surface area (Å²) in [7, 11) is 0. The Kier molecular flexibility index (Phi) is 3.23. The molecule has 16 heavy (non-hydrogen) atoms. The van der Waals surface area contributed by atoms with Crippen molar-refractivity contribution in [2.24, 2.45) is 0 Å². The van der Waals surface area contributed by atoms with Gasteiger partial charge in [0.1, 0.15) is 0 Å². The molecule has 94 valence electrons. The Balaban J connectivity index is 2.11.